The molecule has 1 atom stereocenters. The van der Waals surface area contributed by atoms with Gasteiger partial charge in [-0.1, -0.05) is 19.1 Å². The SMILES string of the molecule is C#CCC(CC)NC(=O)N(C)Cc1ccc(C(=O)O)cc1. The summed E-state index contributed by atoms with van der Waals surface area (Å²) in [5, 5.41) is 11.7. The molecule has 112 valence electrons. The molecule has 5 heteroatoms. The Bertz CT molecular complexity index is 531. The van der Waals surface area contributed by atoms with E-state index in [1.165, 1.54) is 17.0 Å². The summed E-state index contributed by atoms with van der Waals surface area (Å²) in [6.07, 6.45) is 6.53. The van der Waals surface area contributed by atoms with Gasteiger partial charge in [-0.2, -0.15) is 0 Å². The number of carbonyl (C=O) groups is 2. The van der Waals surface area contributed by atoms with Crippen molar-refractivity contribution in [2.45, 2.75) is 32.4 Å². The van der Waals surface area contributed by atoms with E-state index in [1.54, 1.807) is 19.2 Å². The van der Waals surface area contributed by atoms with Gasteiger partial charge in [0.25, 0.3) is 0 Å². The summed E-state index contributed by atoms with van der Waals surface area (Å²) in [6, 6.07) is 6.23. The van der Waals surface area contributed by atoms with Crippen molar-refractivity contribution in [3.8, 4) is 12.3 Å². The van der Waals surface area contributed by atoms with Crippen LogP contribution in [0.5, 0.6) is 0 Å². The normalized spacial score (nSPS) is 11.3. The fourth-order valence-corrected chi connectivity index (χ4v) is 1.82. The van der Waals surface area contributed by atoms with E-state index < -0.39 is 5.97 Å². The van der Waals surface area contributed by atoms with Crippen LogP contribution >= 0.6 is 0 Å². The number of terminal acetylenes is 1. The minimum absolute atomic E-state index is 0.0284. The second-order valence-electron chi connectivity index (χ2n) is 4.82. The van der Waals surface area contributed by atoms with E-state index in [1.807, 2.05) is 6.92 Å². The molecule has 2 amide bonds. The maximum absolute atomic E-state index is 12.0. The van der Waals surface area contributed by atoms with E-state index in [0.717, 1.165) is 12.0 Å². The lowest BCUT2D eigenvalue weighted by atomic mass is 10.1. The Kier molecular flexibility index (Phi) is 6.28. The largest absolute Gasteiger partial charge is 0.478 e. The number of hydrogen-bond donors (Lipinski definition) is 2. The van der Waals surface area contributed by atoms with E-state index in [9.17, 15) is 9.59 Å². The van der Waals surface area contributed by atoms with Crippen LogP contribution in [0.15, 0.2) is 24.3 Å². The van der Waals surface area contributed by atoms with E-state index in [2.05, 4.69) is 11.2 Å². The van der Waals surface area contributed by atoms with Crippen molar-refractivity contribution in [2.24, 2.45) is 0 Å². The molecule has 0 bridgehead atoms. The van der Waals surface area contributed by atoms with E-state index >= 15 is 0 Å². The van der Waals surface area contributed by atoms with Gasteiger partial charge in [0.2, 0.25) is 0 Å². The van der Waals surface area contributed by atoms with Crippen LogP contribution in [0.2, 0.25) is 0 Å². The van der Waals surface area contributed by atoms with Crippen LogP contribution < -0.4 is 5.32 Å². The molecule has 0 heterocycles. The molecule has 0 saturated heterocycles. The van der Waals surface area contributed by atoms with Gasteiger partial charge in [0.15, 0.2) is 0 Å². The smallest absolute Gasteiger partial charge is 0.335 e. The second-order valence-corrected chi connectivity index (χ2v) is 4.82. The number of urea groups is 1. The van der Waals surface area contributed by atoms with Crippen molar-refractivity contribution < 1.29 is 14.7 Å². The number of amides is 2. The van der Waals surface area contributed by atoms with E-state index in [-0.39, 0.29) is 17.6 Å². The van der Waals surface area contributed by atoms with Crippen molar-refractivity contribution in [3.05, 3.63) is 35.4 Å². The van der Waals surface area contributed by atoms with Gasteiger partial charge in [-0.3, -0.25) is 0 Å². The first-order valence-electron chi connectivity index (χ1n) is 6.75. The fourth-order valence-electron chi connectivity index (χ4n) is 1.82. The lowest BCUT2D eigenvalue weighted by molar-refractivity contribution is 0.0697. The van der Waals surface area contributed by atoms with E-state index in [4.69, 9.17) is 11.5 Å². The first-order valence-corrected chi connectivity index (χ1v) is 6.75. The van der Waals surface area contributed by atoms with Crippen molar-refractivity contribution in [1.29, 1.82) is 0 Å². The van der Waals surface area contributed by atoms with Gasteiger partial charge >= 0.3 is 12.0 Å². The number of carboxylic acids is 1. The molecule has 0 radical (unpaired) electrons. The summed E-state index contributed by atoms with van der Waals surface area (Å²) >= 11 is 0. The molecule has 0 saturated carbocycles. The van der Waals surface area contributed by atoms with Crippen molar-refractivity contribution >= 4 is 12.0 Å². The molecule has 1 unspecified atom stereocenters. The minimum atomic E-state index is -0.965. The molecule has 2 N–H and O–H groups in total. The van der Waals surface area contributed by atoms with Crippen LogP contribution in [-0.4, -0.2) is 35.1 Å². The van der Waals surface area contributed by atoms with Gasteiger partial charge in [-0.05, 0) is 24.1 Å². The van der Waals surface area contributed by atoms with Crippen molar-refractivity contribution in [3.63, 3.8) is 0 Å². The number of nitrogens with zero attached hydrogens (tertiary/aromatic N) is 1. The zero-order valence-corrected chi connectivity index (χ0v) is 12.3. The highest BCUT2D eigenvalue weighted by Crippen LogP contribution is 2.07. The third kappa shape index (κ3) is 5.19. The van der Waals surface area contributed by atoms with Crippen LogP contribution in [0.1, 0.15) is 35.7 Å². The number of rotatable bonds is 6. The van der Waals surface area contributed by atoms with Gasteiger partial charge in [0, 0.05) is 26.1 Å². The third-order valence-corrected chi connectivity index (χ3v) is 3.15. The van der Waals surface area contributed by atoms with Crippen LogP contribution in [-0.2, 0) is 6.54 Å². The Morgan fingerprint density at radius 2 is 2.00 bits per heavy atom. The molecule has 0 aliphatic heterocycles. The third-order valence-electron chi connectivity index (χ3n) is 3.15. The van der Waals surface area contributed by atoms with Crippen molar-refractivity contribution in [1.82, 2.24) is 10.2 Å². The summed E-state index contributed by atoms with van der Waals surface area (Å²) in [6.45, 7) is 2.37. The number of nitrogens with one attached hydrogen (secondary N) is 1. The number of carbonyl (C=O) groups excluding carboxylic acids is 1. The number of benzene rings is 1. The molecular formula is C16H20N2O3. The molecule has 0 aromatic heterocycles. The number of carboxylic acid groups (broad SMARTS) is 1. The van der Waals surface area contributed by atoms with Gasteiger partial charge < -0.3 is 15.3 Å². The van der Waals surface area contributed by atoms with Crippen LogP contribution in [0, 0.1) is 12.3 Å². The highest BCUT2D eigenvalue weighted by Gasteiger charge is 2.13. The Morgan fingerprint density at radius 3 is 2.48 bits per heavy atom. The zero-order chi connectivity index (χ0) is 15.8. The molecule has 1 aromatic rings. The lowest BCUT2D eigenvalue weighted by Gasteiger charge is -2.22. The van der Waals surface area contributed by atoms with Crippen molar-refractivity contribution in [2.75, 3.05) is 7.05 Å². The van der Waals surface area contributed by atoms with Gasteiger partial charge in [-0.15, -0.1) is 12.3 Å². The first kappa shape index (κ1) is 16.6. The average Bonchev–Trinajstić information content (AvgIpc) is 2.47. The molecule has 0 aliphatic carbocycles. The molecule has 21 heavy (non-hydrogen) atoms. The predicted molar refractivity (Wildman–Crippen MR) is 80.9 cm³/mol. The standard InChI is InChI=1S/C16H20N2O3/c1-4-6-14(5-2)17-16(21)18(3)11-12-7-9-13(10-8-12)15(19)20/h1,7-10,14H,5-6,11H2,2-3H3,(H,17,21)(H,19,20). The van der Waals surface area contributed by atoms with Gasteiger partial charge in [-0.25, -0.2) is 9.59 Å². The monoisotopic (exact) mass is 288 g/mol. The summed E-state index contributed by atoms with van der Waals surface area (Å²) in [5.74, 6) is 1.58. The molecule has 0 spiro atoms. The van der Waals surface area contributed by atoms with Crippen LogP contribution in [0.3, 0.4) is 0 Å². The minimum Gasteiger partial charge on any atom is -0.478 e. The summed E-state index contributed by atoms with van der Waals surface area (Å²) in [5.41, 5.74) is 1.09. The highest BCUT2D eigenvalue weighted by atomic mass is 16.4. The number of aromatic carboxylic acids is 1. The Labute approximate surface area is 125 Å². The maximum atomic E-state index is 12.0. The summed E-state index contributed by atoms with van der Waals surface area (Å²) in [4.78, 5) is 24.3. The topological polar surface area (TPSA) is 69.6 Å². The molecule has 5 nitrogen and oxygen atoms in total. The average molecular weight is 288 g/mol. The molecule has 0 aliphatic rings. The predicted octanol–water partition coefficient (Wildman–Crippen LogP) is 2.33. The van der Waals surface area contributed by atoms with Gasteiger partial charge in [0.05, 0.1) is 5.56 Å². The lowest BCUT2D eigenvalue weighted by Crippen LogP contribution is -2.42. The zero-order valence-electron chi connectivity index (χ0n) is 12.3. The summed E-state index contributed by atoms with van der Waals surface area (Å²) < 4.78 is 0. The van der Waals surface area contributed by atoms with Gasteiger partial charge in [0.1, 0.15) is 0 Å². The molecule has 1 rings (SSSR count). The van der Waals surface area contributed by atoms with Crippen LogP contribution in [0.25, 0.3) is 0 Å². The fraction of sp³-hybridized carbons (Fsp3) is 0.375. The quantitative estimate of drug-likeness (QED) is 0.789. The Morgan fingerprint density at radius 1 is 1.38 bits per heavy atom. The molecule has 1 aromatic carbocycles. The summed E-state index contributed by atoms with van der Waals surface area (Å²) in [7, 11) is 1.68. The maximum Gasteiger partial charge on any atom is 0.335 e. The number of hydrogen-bond acceptors (Lipinski definition) is 2. The van der Waals surface area contributed by atoms with E-state index in [0.29, 0.717) is 13.0 Å². The molecule has 0 fully saturated rings. The Hall–Kier alpha value is -2.48. The second kappa shape index (κ2) is 7.95. The first-order chi connectivity index (χ1) is 9.97. The van der Waals surface area contributed by atoms with Crippen LogP contribution in [0.4, 0.5) is 4.79 Å². The Balaban J connectivity index is 2.59. The highest BCUT2D eigenvalue weighted by molar-refractivity contribution is 5.87. The molecular weight excluding hydrogens is 268 g/mol.